The van der Waals surface area contributed by atoms with Crippen molar-refractivity contribution in [3.05, 3.63) is 0 Å². The normalized spacial score (nSPS) is 15.7. The van der Waals surface area contributed by atoms with Crippen molar-refractivity contribution in [2.24, 2.45) is 11.8 Å². The zero-order valence-electron chi connectivity index (χ0n) is 41.8. The van der Waals surface area contributed by atoms with Crippen LogP contribution in [0.1, 0.15) is 271 Å². The van der Waals surface area contributed by atoms with E-state index in [-0.39, 0.29) is 24.5 Å². The Kier molecular flexibility index (Phi) is 37.9. The Morgan fingerprint density at radius 1 is 0.452 bits per heavy atom. The first-order chi connectivity index (χ1) is 30.5. The number of aliphatic hydroxyl groups is 1. The van der Waals surface area contributed by atoms with Crippen molar-refractivity contribution < 1.29 is 24.2 Å². The lowest BCUT2D eigenvalue weighted by atomic mass is 9.91. The number of esters is 2. The van der Waals surface area contributed by atoms with Crippen molar-refractivity contribution in [2.75, 3.05) is 46.0 Å². The highest BCUT2D eigenvalue weighted by molar-refractivity contribution is 5.70. The lowest BCUT2D eigenvalue weighted by Gasteiger charge is -2.39. The van der Waals surface area contributed by atoms with Gasteiger partial charge in [-0.1, -0.05) is 201 Å². The SMILES string of the molecule is CCCCCCCCCCCCCCCCCC(=O)OCC(CCCCN(CCN(CCO)C1CCCC1)C1CCC1)COC(=O)CC(CCCCCC)CCCCCCCC. The van der Waals surface area contributed by atoms with Gasteiger partial charge < -0.3 is 14.6 Å². The van der Waals surface area contributed by atoms with Crippen LogP contribution in [-0.2, 0) is 19.1 Å². The maximum Gasteiger partial charge on any atom is 0.306 e. The van der Waals surface area contributed by atoms with Crippen LogP contribution in [-0.4, -0.2) is 84.9 Å². The minimum absolute atomic E-state index is 0.0464. The maximum atomic E-state index is 13.4. The summed E-state index contributed by atoms with van der Waals surface area (Å²) in [5.74, 6) is 0.311. The molecule has 0 aliphatic heterocycles. The zero-order chi connectivity index (χ0) is 44.6. The summed E-state index contributed by atoms with van der Waals surface area (Å²) >= 11 is 0. The molecule has 0 aromatic carbocycles. The molecule has 0 bridgehead atoms. The summed E-state index contributed by atoms with van der Waals surface area (Å²) in [6.07, 6.45) is 47.9. The fraction of sp³-hybridized carbons (Fsp3) is 0.964. The third-order valence-corrected chi connectivity index (χ3v) is 14.6. The molecule has 0 radical (unpaired) electrons. The standard InChI is InChI=1S/C55H106N2O5/c1-4-7-10-13-15-16-17-18-19-20-21-22-23-25-28-41-54(59)61-48-51(49-62-55(60)47-50(34-26-12-9-6-3)35-27-24-14-11-8-5-2)36-31-32-42-56(53-39-33-40-53)43-44-57(45-46-58)52-37-29-30-38-52/h50-53,58H,4-49H2,1-3H3. The van der Waals surface area contributed by atoms with Crippen molar-refractivity contribution in [3.8, 4) is 0 Å². The van der Waals surface area contributed by atoms with Gasteiger partial charge in [0.25, 0.3) is 0 Å². The molecule has 0 spiro atoms. The fourth-order valence-electron chi connectivity index (χ4n) is 10.2. The number of rotatable bonds is 46. The number of hydrogen-bond donors (Lipinski definition) is 1. The molecule has 2 unspecified atom stereocenters. The van der Waals surface area contributed by atoms with E-state index in [0.717, 1.165) is 71.1 Å². The summed E-state index contributed by atoms with van der Waals surface area (Å²) in [5, 5.41) is 9.79. The molecule has 2 saturated carbocycles. The van der Waals surface area contributed by atoms with Crippen LogP contribution >= 0.6 is 0 Å². The van der Waals surface area contributed by atoms with Gasteiger partial charge in [0.15, 0.2) is 0 Å². The van der Waals surface area contributed by atoms with E-state index < -0.39 is 0 Å². The minimum atomic E-state index is -0.0899. The van der Waals surface area contributed by atoms with Gasteiger partial charge in [-0.25, -0.2) is 0 Å². The molecular weight excluding hydrogens is 769 g/mol. The Labute approximate surface area is 385 Å². The van der Waals surface area contributed by atoms with E-state index in [1.807, 2.05) is 0 Å². The van der Waals surface area contributed by atoms with E-state index in [4.69, 9.17) is 9.47 Å². The molecule has 0 aromatic rings. The predicted molar refractivity (Wildman–Crippen MR) is 264 cm³/mol. The third kappa shape index (κ3) is 30.9. The summed E-state index contributed by atoms with van der Waals surface area (Å²) in [7, 11) is 0. The highest BCUT2D eigenvalue weighted by Gasteiger charge is 2.27. The summed E-state index contributed by atoms with van der Waals surface area (Å²) in [6.45, 7) is 11.8. The van der Waals surface area contributed by atoms with E-state index in [0.29, 0.717) is 44.1 Å². The highest BCUT2D eigenvalue weighted by atomic mass is 16.5. The molecule has 2 atom stereocenters. The number of nitrogens with zero attached hydrogens (tertiary/aromatic N) is 2. The highest BCUT2D eigenvalue weighted by Crippen LogP contribution is 2.28. The van der Waals surface area contributed by atoms with Crippen LogP contribution in [0.4, 0.5) is 0 Å². The quantitative estimate of drug-likeness (QED) is 0.0482. The molecular formula is C55H106N2O5. The van der Waals surface area contributed by atoms with Crippen LogP contribution in [0.25, 0.3) is 0 Å². The molecule has 7 nitrogen and oxygen atoms in total. The first-order valence-electron chi connectivity index (χ1n) is 27.9. The van der Waals surface area contributed by atoms with Crippen molar-refractivity contribution in [3.63, 3.8) is 0 Å². The molecule has 0 saturated heterocycles. The van der Waals surface area contributed by atoms with Gasteiger partial charge in [0.1, 0.15) is 0 Å². The summed E-state index contributed by atoms with van der Waals surface area (Å²) in [5.41, 5.74) is 0. The van der Waals surface area contributed by atoms with Crippen LogP contribution < -0.4 is 0 Å². The van der Waals surface area contributed by atoms with Crippen LogP contribution in [0.2, 0.25) is 0 Å². The van der Waals surface area contributed by atoms with Crippen LogP contribution in [0, 0.1) is 11.8 Å². The number of ether oxygens (including phenoxy) is 2. The van der Waals surface area contributed by atoms with Crippen molar-refractivity contribution in [1.82, 2.24) is 9.80 Å². The Hall–Kier alpha value is -1.18. The van der Waals surface area contributed by atoms with E-state index in [1.165, 1.54) is 193 Å². The first kappa shape index (κ1) is 56.9. The third-order valence-electron chi connectivity index (χ3n) is 14.6. The molecule has 2 fully saturated rings. The second-order valence-electron chi connectivity index (χ2n) is 20.2. The van der Waals surface area contributed by atoms with Gasteiger partial charge >= 0.3 is 11.9 Å². The van der Waals surface area contributed by atoms with E-state index in [1.54, 1.807) is 0 Å². The number of carbonyl (C=O) groups excluding carboxylic acids is 2. The predicted octanol–water partition coefficient (Wildman–Crippen LogP) is 14.9. The first-order valence-corrected chi connectivity index (χ1v) is 27.9. The molecule has 62 heavy (non-hydrogen) atoms. The molecule has 7 heteroatoms. The molecule has 0 amide bonds. The number of unbranched alkanes of at least 4 members (excludes halogenated alkanes) is 23. The fourth-order valence-corrected chi connectivity index (χ4v) is 10.2. The molecule has 0 aromatic heterocycles. The second-order valence-corrected chi connectivity index (χ2v) is 20.2. The number of hydrogen-bond acceptors (Lipinski definition) is 7. The van der Waals surface area contributed by atoms with Gasteiger partial charge in [-0.05, 0) is 70.3 Å². The average molecular weight is 875 g/mol. The van der Waals surface area contributed by atoms with E-state index in [2.05, 4.69) is 30.6 Å². The van der Waals surface area contributed by atoms with Gasteiger partial charge in [0.2, 0.25) is 0 Å². The van der Waals surface area contributed by atoms with Crippen molar-refractivity contribution >= 4 is 11.9 Å². The molecule has 0 heterocycles. The van der Waals surface area contributed by atoms with Crippen LogP contribution in [0.15, 0.2) is 0 Å². The molecule has 2 aliphatic carbocycles. The molecule has 1 N–H and O–H groups in total. The zero-order valence-corrected chi connectivity index (χ0v) is 41.8. The summed E-state index contributed by atoms with van der Waals surface area (Å²) < 4.78 is 12.0. The molecule has 2 aliphatic rings. The Morgan fingerprint density at radius 2 is 0.839 bits per heavy atom. The molecule has 2 rings (SSSR count). The minimum Gasteiger partial charge on any atom is -0.465 e. The monoisotopic (exact) mass is 875 g/mol. The number of aliphatic hydroxyl groups excluding tert-OH is 1. The maximum absolute atomic E-state index is 13.4. The van der Waals surface area contributed by atoms with Crippen molar-refractivity contribution in [2.45, 2.75) is 283 Å². The van der Waals surface area contributed by atoms with Crippen LogP contribution in [0.3, 0.4) is 0 Å². The summed E-state index contributed by atoms with van der Waals surface area (Å²) in [4.78, 5) is 31.6. The topological polar surface area (TPSA) is 79.3 Å². The Balaban J connectivity index is 1.81. The van der Waals surface area contributed by atoms with Gasteiger partial charge in [-0.3, -0.25) is 19.4 Å². The van der Waals surface area contributed by atoms with Gasteiger partial charge in [-0.15, -0.1) is 0 Å². The van der Waals surface area contributed by atoms with E-state index >= 15 is 0 Å². The lowest BCUT2D eigenvalue weighted by molar-refractivity contribution is -0.150. The van der Waals surface area contributed by atoms with Gasteiger partial charge in [-0.2, -0.15) is 0 Å². The molecule has 366 valence electrons. The Morgan fingerprint density at radius 3 is 1.31 bits per heavy atom. The van der Waals surface area contributed by atoms with Crippen molar-refractivity contribution in [1.29, 1.82) is 0 Å². The second kappa shape index (κ2) is 41.3. The Bertz CT molecular complexity index is 1000. The van der Waals surface area contributed by atoms with Crippen LogP contribution in [0.5, 0.6) is 0 Å². The van der Waals surface area contributed by atoms with E-state index in [9.17, 15) is 14.7 Å². The smallest absolute Gasteiger partial charge is 0.306 e. The summed E-state index contributed by atoms with van der Waals surface area (Å²) in [6, 6.07) is 1.33. The van der Waals surface area contributed by atoms with Gasteiger partial charge in [0.05, 0.1) is 19.8 Å². The van der Waals surface area contributed by atoms with Gasteiger partial charge in [0, 0.05) is 50.5 Å². The largest absolute Gasteiger partial charge is 0.465 e. The lowest BCUT2D eigenvalue weighted by Crippen LogP contribution is -2.47. The number of carbonyl (C=O) groups is 2. The average Bonchev–Trinajstić information content (AvgIpc) is 3.80.